The van der Waals surface area contributed by atoms with E-state index in [1.165, 1.54) is 81.2 Å². The van der Waals surface area contributed by atoms with E-state index in [1.54, 1.807) is 0 Å². The van der Waals surface area contributed by atoms with Crippen LogP contribution >= 0.6 is 0 Å². The second-order valence-corrected chi connectivity index (χ2v) is 13.1. The molecule has 1 heterocycles. The zero-order valence-corrected chi connectivity index (χ0v) is 28.0. The van der Waals surface area contributed by atoms with E-state index in [2.05, 4.69) is 181 Å². The third-order valence-corrected chi connectivity index (χ3v) is 10.2. The number of nitrogens with zero attached hydrogens (tertiary/aromatic N) is 1. The fourth-order valence-corrected chi connectivity index (χ4v) is 7.90. The van der Waals surface area contributed by atoms with Crippen LogP contribution in [-0.2, 0) is 13.5 Å². The molecule has 50 heavy (non-hydrogen) atoms. The van der Waals surface area contributed by atoms with Gasteiger partial charge in [-0.05, 0) is 67.2 Å². The molecule has 0 saturated heterocycles. The van der Waals surface area contributed by atoms with Crippen molar-refractivity contribution in [1.82, 2.24) is 4.57 Å². The van der Waals surface area contributed by atoms with Crippen molar-refractivity contribution >= 4 is 81.4 Å². The highest BCUT2D eigenvalue weighted by molar-refractivity contribution is 6.36. The summed E-state index contributed by atoms with van der Waals surface area (Å²) < 4.78 is 2.36. The van der Waals surface area contributed by atoms with Crippen LogP contribution in [0.5, 0.6) is 0 Å². The molecule has 2 nitrogen and oxygen atoms in total. The Morgan fingerprint density at radius 3 is 1.80 bits per heavy atom. The van der Waals surface area contributed by atoms with Gasteiger partial charge in [0.2, 0.25) is 0 Å². The van der Waals surface area contributed by atoms with Crippen molar-refractivity contribution in [3.05, 3.63) is 187 Å². The minimum absolute atomic E-state index is 0.834. The Hall–Kier alpha value is -6.38. The minimum atomic E-state index is 0.834. The van der Waals surface area contributed by atoms with Gasteiger partial charge in [-0.25, -0.2) is 0 Å². The van der Waals surface area contributed by atoms with Crippen molar-refractivity contribution in [2.24, 2.45) is 12.8 Å². The number of nitrogens with two attached hydrogens (primary N) is 1. The maximum atomic E-state index is 6.46. The standard InChI is InChI=1S/C25H17N.C23H19N/c1-26-22-13-7-6-12-21(22)24-23-17-9-3-2-8-16(17)14-15-19(23)18-10-4-5-11-20(18)25(24)26;24-23(15-14-17-8-2-1-3-9-17)22-16-18-10-4-5-11-19(18)20-12-6-7-13-21(20)22/h2-15H,1H3;1-13,15-16H,14,24H2/b;23-15-. The number of benzene rings is 9. The Morgan fingerprint density at radius 2 is 1.04 bits per heavy atom. The molecule has 238 valence electrons. The average Bonchev–Trinajstić information content (AvgIpc) is 3.49. The van der Waals surface area contributed by atoms with Gasteiger partial charge in [0.25, 0.3) is 0 Å². The monoisotopic (exact) mass is 640 g/mol. The lowest BCUT2D eigenvalue weighted by molar-refractivity contribution is 1.02. The first-order chi connectivity index (χ1) is 24.7. The molecule has 2 heteroatoms. The molecule has 0 saturated carbocycles. The lowest BCUT2D eigenvalue weighted by Gasteiger charge is -2.11. The van der Waals surface area contributed by atoms with Crippen LogP contribution in [0.1, 0.15) is 11.1 Å². The molecule has 10 rings (SSSR count). The number of rotatable bonds is 3. The molecule has 0 aliphatic rings. The zero-order valence-electron chi connectivity index (χ0n) is 28.0. The average molecular weight is 641 g/mol. The van der Waals surface area contributed by atoms with Crippen molar-refractivity contribution in [3.63, 3.8) is 0 Å². The molecule has 0 aliphatic heterocycles. The highest BCUT2D eigenvalue weighted by Crippen LogP contribution is 2.43. The number of hydrogen-bond acceptors (Lipinski definition) is 1. The van der Waals surface area contributed by atoms with E-state index in [9.17, 15) is 0 Å². The Labute approximate surface area is 291 Å². The van der Waals surface area contributed by atoms with Gasteiger partial charge in [0.05, 0.1) is 5.52 Å². The molecule has 1 aromatic heterocycles. The molecular formula is C48H36N2. The number of fused-ring (bicyclic) bond motifs is 13. The van der Waals surface area contributed by atoms with Crippen molar-refractivity contribution < 1.29 is 0 Å². The summed E-state index contributed by atoms with van der Waals surface area (Å²) in [5.41, 5.74) is 12.3. The Balaban J connectivity index is 0.000000135. The quantitative estimate of drug-likeness (QED) is 0.191. The molecule has 0 spiro atoms. The van der Waals surface area contributed by atoms with E-state index >= 15 is 0 Å². The molecule has 10 aromatic rings. The van der Waals surface area contributed by atoms with E-state index in [-0.39, 0.29) is 0 Å². The lowest BCUT2D eigenvalue weighted by Crippen LogP contribution is -1.99. The minimum Gasteiger partial charge on any atom is -0.398 e. The smallest absolute Gasteiger partial charge is 0.0575 e. The molecule has 0 aliphatic carbocycles. The lowest BCUT2D eigenvalue weighted by atomic mass is 9.93. The van der Waals surface area contributed by atoms with Gasteiger partial charge in [0.15, 0.2) is 0 Å². The normalized spacial score (nSPS) is 12.0. The fraction of sp³-hybridized carbons (Fsp3) is 0.0417. The summed E-state index contributed by atoms with van der Waals surface area (Å²) in [6.07, 6.45) is 2.96. The van der Waals surface area contributed by atoms with E-state index in [4.69, 9.17) is 5.73 Å². The second kappa shape index (κ2) is 12.3. The number of allylic oxidation sites excluding steroid dienone is 1. The van der Waals surface area contributed by atoms with Gasteiger partial charge in [-0.2, -0.15) is 0 Å². The Bertz CT molecular complexity index is 2910. The van der Waals surface area contributed by atoms with E-state index in [0.29, 0.717) is 0 Å². The summed E-state index contributed by atoms with van der Waals surface area (Å²) in [7, 11) is 2.19. The number of hydrogen-bond donors (Lipinski definition) is 1. The van der Waals surface area contributed by atoms with Gasteiger partial charge in [-0.3, -0.25) is 0 Å². The molecule has 9 aromatic carbocycles. The molecule has 0 amide bonds. The molecule has 0 bridgehead atoms. The summed E-state index contributed by atoms with van der Waals surface area (Å²) in [5.74, 6) is 0. The highest BCUT2D eigenvalue weighted by atomic mass is 14.9. The SMILES string of the molecule is Cn1c2ccccc2c2c3c4ccccc4ccc3c3ccccc3c21.N/C(=C\Cc1ccccc1)c1cc2ccccc2c2ccccc12. The highest BCUT2D eigenvalue weighted by Gasteiger charge is 2.17. The van der Waals surface area contributed by atoms with Crippen LogP contribution in [0, 0.1) is 0 Å². The van der Waals surface area contributed by atoms with Crippen LogP contribution in [0.3, 0.4) is 0 Å². The summed E-state index contributed by atoms with van der Waals surface area (Å²) in [6.45, 7) is 0. The maximum Gasteiger partial charge on any atom is 0.0575 e. The second-order valence-electron chi connectivity index (χ2n) is 13.1. The first-order valence-electron chi connectivity index (χ1n) is 17.3. The van der Waals surface area contributed by atoms with Crippen molar-refractivity contribution in [3.8, 4) is 0 Å². The number of para-hydroxylation sites is 1. The van der Waals surface area contributed by atoms with Crippen molar-refractivity contribution in [2.45, 2.75) is 6.42 Å². The van der Waals surface area contributed by atoms with Gasteiger partial charge in [-0.1, -0.05) is 164 Å². The van der Waals surface area contributed by atoms with Crippen LogP contribution in [0.4, 0.5) is 0 Å². The molecular weight excluding hydrogens is 605 g/mol. The molecule has 0 radical (unpaired) electrons. The van der Waals surface area contributed by atoms with Gasteiger partial charge in [0.1, 0.15) is 0 Å². The Kier molecular flexibility index (Phi) is 7.29. The van der Waals surface area contributed by atoms with Crippen molar-refractivity contribution in [2.75, 3.05) is 0 Å². The Morgan fingerprint density at radius 1 is 0.480 bits per heavy atom. The van der Waals surface area contributed by atoms with Crippen LogP contribution < -0.4 is 5.73 Å². The van der Waals surface area contributed by atoms with E-state index < -0.39 is 0 Å². The van der Waals surface area contributed by atoms with Gasteiger partial charge in [-0.15, -0.1) is 0 Å². The summed E-state index contributed by atoms with van der Waals surface area (Å²) >= 11 is 0. The number of aromatic nitrogens is 1. The third-order valence-electron chi connectivity index (χ3n) is 10.2. The molecule has 0 atom stereocenters. The van der Waals surface area contributed by atoms with Gasteiger partial charge in [0, 0.05) is 45.4 Å². The molecule has 0 unspecified atom stereocenters. The molecule has 0 fully saturated rings. The first-order valence-corrected chi connectivity index (χ1v) is 17.3. The summed E-state index contributed by atoms with van der Waals surface area (Å²) in [6, 6.07) is 60.4. The molecule has 2 N–H and O–H groups in total. The third kappa shape index (κ3) is 4.88. The fourth-order valence-electron chi connectivity index (χ4n) is 7.90. The number of aryl methyl sites for hydroxylation is 1. The van der Waals surface area contributed by atoms with E-state index in [0.717, 1.165) is 17.7 Å². The van der Waals surface area contributed by atoms with Crippen LogP contribution in [-0.4, -0.2) is 4.57 Å². The zero-order chi connectivity index (χ0) is 33.6. The van der Waals surface area contributed by atoms with Crippen molar-refractivity contribution in [1.29, 1.82) is 0 Å². The largest absolute Gasteiger partial charge is 0.398 e. The maximum absolute atomic E-state index is 6.46. The van der Waals surface area contributed by atoms with Gasteiger partial charge >= 0.3 is 0 Å². The summed E-state index contributed by atoms with van der Waals surface area (Å²) in [5, 5.41) is 15.6. The van der Waals surface area contributed by atoms with Crippen LogP contribution in [0.15, 0.2) is 176 Å². The van der Waals surface area contributed by atoms with Gasteiger partial charge < -0.3 is 10.3 Å². The predicted molar refractivity (Wildman–Crippen MR) is 217 cm³/mol. The van der Waals surface area contributed by atoms with E-state index in [1.807, 2.05) is 6.07 Å². The van der Waals surface area contributed by atoms with Crippen LogP contribution in [0.2, 0.25) is 0 Å². The first kappa shape index (κ1) is 29.7. The predicted octanol–water partition coefficient (Wildman–Crippen LogP) is 12.3. The summed E-state index contributed by atoms with van der Waals surface area (Å²) in [4.78, 5) is 0. The van der Waals surface area contributed by atoms with Crippen LogP contribution in [0.25, 0.3) is 81.4 Å². The topological polar surface area (TPSA) is 30.9 Å².